The highest BCUT2D eigenvalue weighted by Crippen LogP contribution is 2.32. The highest BCUT2D eigenvalue weighted by Gasteiger charge is 2.35. The van der Waals surface area contributed by atoms with E-state index in [9.17, 15) is 23.3 Å². The van der Waals surface area contributed by atoms with Gasteiger partial charge >= 0.3 is 0 Å². The van der Waals surface area contributed by atoms with Gasteiger partial charge in [0.25, 0.3) is 11.8 Å². The van der Waals surface area contributed by atoms with Crippen LogP contribution < -0.4 is 0 Å². The Morgan fingerprint density at radius 2 is 1.68 bits per heavy atom. The zero-order valence-corrected chi connectivity index (χ0v) is 23.8. The molecular weight excluding hydrogens is 526 g/mol. The summed E-state index contributed by atoms with van der Waals surface area (Å²) in [6, 6.07) is 17.8. The summed E-state index contributed by atoms with van der Waals surface area (Å²) in [5, 5.41) is 14.5. The number of hydrogen-bond acceptors (Lipinski definition) is 6. The molecular formula is C30H31N5O4S. The van der Waals surface area contributed by atoms with Crippen LogP contribution in [-0.4, -0.2) is 59.9 Å². The SMILES string of the molecule is CCCCCN1C(=O)C(C#N)=C(C)/C(=C\c2cn(-c3ccccc3)nc2-c2ccc(S(=O)(=O)N(C)C)cc2)C1=O. The van der Waals surface area contributed by atoms with E-state index in [-0.39, 0.29) is 22.6 Å². The molecule has 0 N–H and O–H groups in total. The molecule has 206 valence electrons. The number of imide groups is 1. The van der Waals surface area contributed by atoms with E-state index in [0.29, 0.717) is 28.8 Å². The van der Waals surface area contributed by atoms with Gasteiger partial charge in [-0.3, -0.25) is 14.5 Å². The Morgan fingerprint density at radius 3 is 2.27 bits per heavy atom. The molecule has 4 rings (SSSR count). The number of carbonyl (C=O) groups is 2. The van der Waals surface area contributed by atoms with Gasteiger partial charge in [0.05, 0.1) is 16.3 Å². The van der Waals surface area contributed by atoms with Crippen molar-refractivity contribution in [1.82, 2.24) is 19.0 Å². The molecule has 0 radical (unpaired) electrons. The number of para-hydroxylation sites is 1. The minimum atomic E-state index is -3.61. The smallest absolute Gasteiger partial charge is 0.271 e. The van der Waals surface area contributed by atoms with Crippen molar-refractivity contribution in [3.8, 4) is 23.0 Å². The molecule has 0 saturated carbocycles. The summed E-state index contributed by atoms with van der Waals surface area (Å²) in [5.41, 5.74) is 3.02. The molecule has 0 aliphatic carbocycles. The van der Waals surface area contributed by atoms with Crippen LogP contribution in [0.4, 0.5) is 0 Å². The van der Waals surface area contributed by atoms with Crippen LogP contribution in [0.1, 0.15) is 38.7 Å². The second-order valence-electron chi connectivity index (χ2n) is 9.66. The first-order valence-electron chi connectivity index (χ1n) is 13.0. The molecule has 0 atom stereocenters. The first-order chi connectivity index (χ1) is 19.1. The van der Waals surface area contributed by atoms with Gasteiger partial charge in [0, 0.05) is 43.5 Å². The molecule has 0 bridgehead atoms. The fourth-order valence-electron chi connectivity index (χ4n) is 4.43. The second-order valence-corrected chi connectivity index (χ2v) is 11.8. The number of rotatable bonds is 9. The Morgan fingerprint density at radius 1 is 1.00 bits per heavy atom. The average Bonchev–Trinajstić information content (AvgIpc) is 3.37. The standard InChI is InChI=1S/C30H31N5O4S/c1-5-6-10-17-34-29(36)26(21(2)27(19-31)30(34)37)18-23-20-35(24-11-8-7-9-12-24)32-28(23)22-13-15-25(16-14-22)40(38,39)33(3)4/h7-9,11-16,18,20H,5-6,10,17H2,1-4H3/b26-18+. The number of nitriles is 1. The Bertz CT molecular complexity index is 1640. The molecule has 1 aromatic heterocycles. The van der Waals surface area contributed by atoms with Crippen molar-refractivity contribution in [3.63, 3.8) is 0 Å². The molecule has 10 heteroatoms. The van der Waals surface area contributed by atoms with E-state index in [0.717, 1.165) is 27.7 Å². The van der Waals surface area contributed by atoms with Gasteiger partial charge in [0.1, 0.15) is 11.6 Å². The summed E-state index contributed by atoms with van der Waals surface area (Å²) >= 11 is 0. The number of unbranched alkanes of at least 4 members (excludes halogenated alkanes) is 2. The van der Waals surface area contributed by atoms with E-state index in [4.69, 9.17) is 5.10 Å². The number of carbonyl (C=O) groups excluding carboxylic acids is 2. The van der Waals surface area contributed by atoms with Crippen LogP contribution in [0, 0.1) is 11.3 Å². The quantitative estimate of drug-likeness (QED) is 0.216. The number of aromatic nitrogens is 2. The van der Waals surface area contributed by atoms with Crippen LogP contribution in [0.5, 0.6) is 0 Å². The fourth-order valence-corrected chi connectivity index (χ4v) is 5.34. The van der Waals surface area contributed by atoms with Gasteiger partial charge in [-0.05, 0) is 49.3 Å². The molecule has 40 heavy (non-hydrogen) atoms. The van der Waals surface area contributed by atoms with Crippen molar-refractivity contribution in [2.75, 3.05) is 20.6 Å². The van der Waals surface area contributed by atoms with Crippen LogP contribution in [0.2, 0.25) is 0 Å². The van der Waals surface area contributed by atoms with Crippen molar-refractivity contribution in [2.45, 2.75) is 38.0 Å². The molecule has 0 spiro atoms. The Labute approximate surface area is 234 Å². The average molecular weight is 558 g/mol. The molecule has 3 aromatic rings. The summed E-state index contributed by atoms with van der Waals surface area (Å²) in [6.07, 6.45) is 5.86. The molecule has 2 amide bonds. The zero-order chi connectivity index (χ0) is 29.0. The third-order valence-corrected chi connectivity index (χ3v) is 8.61. The minimum Gasteiger partial charge on any atom is -0.274 e. The third-order valence-electron chi connectivity index (χ3n) is 6.78. The highest BCUT2D eigenvalue weighted by molar-refractivity contribution is 7.89. The molecule has 0 unspecified atom stereocenters. The maximum atomic E-state index is 13.5. The predicted octanol–water partition coefficient (Wildman–Crippen LogP) is 4.57. The molecule has 9 nitrogen and oxygen atoms in total. The largest absolute Gasteiger partial charge is 0.274 e. The molecule has 0 fully saturated rings. The van der Waals surface area contributed by atoms with E-state index in [1.165, 1.54) is 26.2 Å². The number of amides is 2. The van der Waals surface area contributed by atoms with Crippen molar-refractivity contribution in [2.24, 2.45) is 0 Å². The molecule has 1 aliphatic rings. The van der Waals surface area contributed by atoms with Crippen LogP contribution in [0.25, 0.3) is 23.0 Å². The summed E-state index contributed by atoms with van der Waals surface area (Å²) in [7, 11) is -0.674. The molecule has 2 heterocycles. The van der Waals surface area contributed by atoms with Gasteiger partial charge in [-0.25, -0.2) is 17.4 Å². The van der Waals surface area contributed by atoms with Gasteiger partial charge in [0.15, 0.2) is 0 Å². The number of nitrogens with zero attached hydrogens (tertiary/aromatic N) is 5. The highest BCUT2D eigenvalue weighted by atomic mass is 32.2. The first-order valence-corrected chi connectivity index (χ1v) is 14.4. The van der Waals surface area contributed by atoms with E-state index in [1.807, 2.05) is 43.3 Å². The van der Waals surface area contributed by atoms with Crippen LogP contribution in [-0.2, 0) is 19.6 Å². The topological polar surface area (TPSA) is 116 Å². The van der Waals surface area contributed by atoms with Crippen molar-refractivity contribution >= 4 is 27.9 Å². The normalized spacial score (nSPS) is 15.3. The van der Waals surface area contributed by atoms with Crippen LogP contribution in [0.3, 0.4) is 0 Å². The summed E-state index contributed by atoms with van der Waals surface area (Å²) in [4.78, 5) is 27.8. The number of hydrogen-bond donors (Lipinski definition) is 0. The van der Waals surface area contributed by atoms with Gasteiger partial charge in [-0.2, -0.15) is 10.4 Å². The van der Waals surface area contributed by atoms with Gasteiger partial charge in [0.2, 0.25) is 10.0 Å². The van der Waals surface area contributed by atoms with Crippen molar-refractivity contribution < 1.29 is 18.0 Å². The third kappa shape index (κ3) is 5.52. The lowest BCUT2D eigenvalue weighted by atomic mass is 9.93. The minimum absolute atomic E-state index is 0.0578. The zero-order valence-electron chi connectivity index (χ0n) is 23.0. The lowest BCUT2D eigenvalue weighted by Gasteiger charge is -2.27. The van der Waals surface area contributed by atoms with Gasteiger partial charge in [-0.15, -0.1) is 0 Å². The van der Waals surface area contributed by atoms with Crippen LogP contribution >= 0.6 is 0 Å². The fraction of sp³-hybridized carbons (Fsp3) is 0.267. The molecule has 0 saturated heterocycles. The van der Waals surface area contributed by atoms with E-state index >= 15 is 0 Å². The van der Waals surface area contributed by atoms with Gasteiger partial charge in [-0.1, -0.05) is 50.1 Å². The van der Waals surface area contributed by atoms with Gasteiger partial charge < -0.3 is 0 Å². The second kappa shape index (κ2) is 11.8. The maximum Gasteiger partial charge on any atom is 0.271 e. The van der Waals surface area contributed by atoms with Crippen LogP contribution in [0.15, 0.2) is 82.4 Å². The summed E-state index contributed by atoms with van der Waals surface area (Å²) < 4.78 is 28.0. The molecule has 1 aliphatic heterocycles. The number of benzene rings is 2. The summed E-state index contributed by atoms with van der Waals surface area (Å²) in [6.45, 7) is 3.87. The number of sulfonamides is 1. The lowest BCUT2D eigenvalue weighted by molar-refractivity contribution is -0.140. The Kier molecular flexibility index (Phi) is 8.47. The first kappa shape index (κ1) is 28.7. The molecule has 2 aromatic carbocycles. The lowest BCUT2D eigenvalue weighted by Crippen LogP contribution is -2.43. The Balaban J connectivity index is 1.86. The maximum absolute atomic E-state index is 13.5. The monoisotopic (exact) mass is 557 g/mol. The Hall–Kier alpha value is -4.33. The van der Waals surface area contributed by atoms with E-state index in [1.54, 1.807) is 36.0 Å². The van der Waals surface area contributed by atoms with Crippen molar-refractivity contribution in [3.05, 3.63) is 83.1 Å². The van der Waals surface area contributed by atoms with E-state index in [2.05, 4.69) is 0 Å². The predicted molar refractivity (Wildman–Crippen MR) is 152 cm³/mol. The summed E-state index contributed by atoms with van der Waals surface area (Å²) in [5.74, 6) is -1.03. The van der Waals surface area contributed by atoms with Crippen molar-refractivity contribution in [1.29, 1.82) is 5.26 Å². The van der Waals surface area contributed by atoms with E-state index < -0.39 is 21.8 Å².